The number of imide groups is 1. The van der Waals surface area contributed by atoms with E-state index in [1.165, 1.54) is 13.8 Å². The van der Waals surface area contributed by atoms with E-state index in [4.69, 9.17) is 4.74 Å². The summed E-state index contributed by atoms with van der Waals surface area (Å²) in [5.74, 6) is -1.97. The second-order valence-corrected chi connectivity index (χ2v) is 5.76. The number of esters is 1. The summed E-state index contributed by atoms with van der Waals surface area (Å²) in [6, 6.07) is 6.62. The maximum atomic E-state index is 12.0. The smallest absolute Gasteiger partial charge is 0.329 e. The summed E-state index contributed by atoms with van der Waals surface area (Å²) < 4.78 is 4.97. The molecule has 1 aromatic rings. The normalized spacial score (nSPS) is 12.7. The van der Waals surface area contributed by atoms with Gasteiger partial charge in [-0.25, -0.2) is 9.59 Å². The Bertz CT molecular complexity index is 630. The Labute approximate surface area is 146 Å². The summed E-state index contributed by atoms with van der Waals surface area (Å²) in [5, 5.41) is 7.03. The molecule has 1 rings (SSSR count). The van der Waals surface area contributed by atoms with Gasteiger partial charge in [-0.1, -0.05) is 18.2 Å². The van der Waals surface area contributed by atoms with E-state index in [1.807, 2.05) is 0 Å². The van der Waals surface area contributed by atoms with Crippen molar-refractivity contribution in [1.29, 1.82) is 0 Å². The fraction of sp³-hybridized carbons (Fsp3) is 0.412. The summed E-state index contributed by atoms with van der Waals surface area (Å²) in [7, 11) is 0. The Morgan fingerprint density at radius 3 is 2.08 bits per heavy atom. The van der Waals surface area contributed by atoms with Gasteiger partial charge in [0.15, 0.2) is 6.10 Å². The van der Waals surface area contributed by atoms with E-state index < -0.39 is 36.0 Å². The molecule has 0 aliphatic rings. The van der Waals surface area contributed by atoms with Crippen molar-refractivity contribution in [3.63, 3.8) is 0 Å². The molecule has 0 saturated carbocycles. The highest BCUT2D eigenvalue weighted by atomic mass is 16.5. The van der Waals surface area contributed by atoms with Crippen molar-refractivity contribution in [1.82, 2.24) is 16.0 Å². The van der Waals surface area contributed by atoms with Crippen LogP contribution in [0.1, 0.15) is 38.1 Å². The van der Waals surface area contributed by atoms with Crippen LogP contribution in [0, 0.1) is 0 Å². The lowest BCUT2D eigenvalue weighted by atomic mass is 10.2. The van der Waals surface area contributed by atoms with E-state index in [2.05, 4.69) is 16.0 Å². The Kier molecular flexibility index (Phi) is 7.58. The first-order valence-electron chi connectivity index (χ1n) is 7.88. The zero-order valence-electron chi connectivity index (χ0n) is 14.7. The van der Waals surface area contributed by atoms with Gasteiger partial charge in [-0.2, -0.15) is 0 Å². The average molecular weight is 349 g/mol. The molecule has 0 fully saturated rings. The van der Waals surface area contributed by atoms with Crippen LogP contribution in [0.3, 0.4) is 0 Å². The van der Waals surface area contributed by atoms with Crippen molar-refractivity contribution in [2.24, 2.45) is 0 Å². The van der Waals surface area contributed by atoms with Gasteiger partial charge >= 0.3 is 12.0 Å². The summed E-state index contributed by atoms with van der Waals surface area (Å²) in [5.41, 5.74) is 0.401. The molecular formula is C17H23N3O5. The summed E-state index contributed by atoms with van der Waals surface area (Å²) in [6.07, 6.45) is -1.18. The Hall–Kier alpha value is -2.90. The van der Waals surface area contributed by atoms with Gasteiger partial charge in [0.2, 0.25) is 0 Å². The molecule has 8 nitrogen and oxygen atoms in total. The fourth-order valence-corrected chi connectivity index (χ4v) is 1.77. The number of carbonyl (C=O) groups excluding carboxylic acids is 4. The zero-order chi connectivity index (χ0) is 19.0. The second kappa shape index (κ2) is 9.41. The first kappa shape index (κ1) is 20.1. The molecule has 0 spiro atoms. The molecule has 4 amide bonds. The largest absolute Gasteiger partial charge is 0.451 e. The van der Waals surface area contributed by atoms with Gasteiger partial charge in [0.1, 0.15) is 6.04 Å². The van der Waals surface area contributed by atoms with Crippen LogP contribution >= 0.6 is 0 Å². The molecule has 0 aromatic heterocycles. The molecule has 0 unspecified atom stereocenters. The van der Waals surface area contributed by atoms with Crippen LogP contribution in [-0.4, -0.2) is 42.0 Å². The highest BCUT2D eigenvalue weighted by Gasteiger charge is 2.24. The van der Waals surface area contributed by atoms with Gasteiger partial charge in [-0.3, -0.25) is 14.9 Å². The SMILES string of the molecule is CC(C)NC(=O)NC(=O)[C@H](C)OC(=O)[C@H](C)NC(=O)c1ccccc1. The number of rotatable bonds is 6. The number of urea groups is 1. The number of ether oxygens (including phenoxy) is 1. The van der Waals surface area contributed by atoms with Crippen LogP contribution in [0.2, 0.25) is 0 Å². The molecule has 0 heterocycles. The van der Waals surface area contributed by atoms with Crippen LogP contribution in [0.25, 0.3) is 0 Å². The minimum atomic E-state index is -1.18. The van der Waals surface area contributed by atoms with Crippen molar-refractivity contribution in [3.05, 3.63) is 35.9 Å². The lowest BCUT2D eigenvalue weighted by Gasteiger charge is -2.17. The summed E-state index contributed by atoms with van der Waals surface area (Å²) in [6.45, 7) is 6.26. The third kappa shape index (κ3) is 7.03. The van der Waals surface area contributed by atoms with Gasteiger partial charge in [-0.05, 0) is 39.8 Å². The standard InChI is InChI=1S/C17H23N3O5/c1-10(2)18-17(24)20-14(21)12(4)25-16(23)11(3)19-15(22)13-8-6-5-7-9-13/h5-12H,1-4H3,(H,19,22)(H2,18,20,21,24)/t11-,12-/m0/s1. The van der Waals surface area contributed by atoms with Gasteiger partial charge in [-0.15, -0.1) is 0 Å². The van der Waals surface area contributed by atoms with E-state index in [1.54, 1.807) is 44.2 Å². The maximum Gasteiger partial charge on any atom is 0.329 e. The molecule has 0 saturated heterocycles. The Balaban J connectivity index is 2.49. The van der Waals surface area contributed by atoms with Gasteiger partial charge in [0.25, 0.3) is 11.8 Å². The van der Waals surface area contributed by atoms with Crippen LogP contribution in [0.5, 0.6) is 0 Å². The third-order valence-electron chi connectivity index (χ3n) is 3.06. The van der Waals surface area contributed by atoms with Crippen molar-refractivity contribution >= 4 is 23.8 Å². The first-order valence-corrected chi connectivity index (χ1v) is 7.88. The van der Waals surface area contributed by atoms with Crippen molar-refractivity contribution in [3.8, 4) is 0 Å². The van der Waals surface area contributed by atoms with E-state index in [0.29, 0.717) is 5.56 Å². The Morgan fingerprint density at radius 2 is 1.52 bits per heavy atom. The van der Waals surface area contributed by atoms with Crippen molar-refractivity contribution in [2.45, 2.75) is 45.9 Å². The van der Waals surface area contributed by atoms with E-state index in [9.17, 15) is 19.2 Å². The van der Waals surface area contributed by atoms with E-state index in [-0.39, 0.29) is 6.04 Å². The monoisotopic (exact) mass is 349 g/mol. The first-order chi connectivity index (χ1) is 11.7. The number of carbonyl (C=O) groups is 4. The quantitative estimate of drug-likeness (QED) is 0.662. The topological polar surface area (TPSA) is 114 Å². The van der Waals surface area contributed by atoms with Crippen molar-refractivity contribution in [2.75, 3.05) is 0 Å². The fourth-order valence-electron chi connectivity index (χ4n) is 1.77. The van der Waals surface area contributed by atoms with E-state index >= 15 is 0 Å². The minimum Gasteiger partial charge on any atom is -0.451 e. The van der Waals surface area contributed by atoms with Crippen LogP contribution in [-0.2, 0) is 14.3 Å². The van der Waals surface area contributed by atoms with Crippen LogP contribution in [0.15, 0.2) is 30.3 Å². The number of hydrogen-bond acceptors (Lipinski definition) is 5. The van der Waals surface area contributed by atoms with Gasteiger partial charge < -0.3 is 15.4 Å². The average Bonchev–Trinajstić information content (AvgIpc) is 2.54. The molecule has 25 heavy (non-hydrogen) atoms. The number of amides is 4. The summed E-state index contributed by atoms with van der Waals surface area (Å²) >= 11 is 0. The molecule has 0 aliphatic heterocycles. The number of hydrogen-bond donors (Lipinski definition) is 3. The van der Waals surface area contributed by atoms with Crippen LogP contribution in [0.4, 0.5) is 4.79 Å². The minimum absolute atomic E-state index is 0.140. The van der Waals surface area contributed by atoms with Gasteiger partial charge in [0.05, 0.1) is 0 Å². The molecule has 1 aromatic carbocycles. The molecule has 136 valence electrons. The molecule has 8 heteroatoms. The predicted molar refractivity (Wildman–Crippen MR) is 90.7 cm³/mol. The van der Waals surface area contributed by atoms with Crippen molar-refractivity contribution < 1.29 is 23.9 Å². The molecule has 2 atom stereocenters. The van der Waals surface area contributed by atoms with Gasteiger partial charge in [0, 0.05) is 11.6 Å². The third-order valence-corrected chi connectivity index (χ3v) is 3.06. The summed E-state index contributed by atoms with van der Waals surface area (Å²) in [4.78, 5) is 47.2. The second-order valence-electron chi connectivity index (χ2n) is 5.76. The predicted octanol–water partition coefficient (Wildman–Crippen LogP) is 0.971. The zero-order valence-corrected chi connectivity index (χ0v) is 14.7. The highest BCUT2D eigenvalue weighted by molar-refractivity contribution is 5.98. The molecular weight excluding hydrogens is 326 g/mol. The molecule has 3 N–H and O–H groups in total. The Morgan fingerprint density at radius 1 is 0.920 bits per heavy atom. The highest BCUT2D eigenvalue weighted by Crippen LogP contribution is 2.01. The number of nitrogens with one attached hydrogen (secondary N) is 3. The maximum absolute atomic E-state index is 12.0. The number of benzene rings is 1. The molecule has 0 bridgehead atoms. The van der Waals surface area contributed by atoms with Crippen LogP contribution < -0.4 is 16.0 Å². The molecule has 0 aliphatic carbocycles. The lowest BCUT2D eigenvalue weighted by Crippen LogP contribution is -2.48. The van der Waals surface area contributed by atoms with E-state index in [0.717, 1.165) is 0 Å². The lowest BCUT2D eigenvalue weighted by molar-refractivity contribution is -0.155. The molecule has 0 radical (unpaired) electrons.